The van der Waals surface area contributed by atoms with Gasteiger partial charge in [-0.1, -0.05) is 158 Å². The van der Waals surface area contributed by atoms with Gasteiger partial charge in [0.2, 0.25) is 0 Å². The van der Waals surface area contributed by atoms with Crippen molar-refractivity contribution in [2.45, 2.75) is 0 Å². The van der Waals surface area contributed by atoms with Gasteiger partial charge in [0.25, 0.3) is 0 Å². The Morgan fingerprint density at radius 2 is 0.710 bits per heavy atom. The second-order valence-electron chi connectivity index (χ2n) is 15.7. The van der Waals surface area contributed by atoms with Gasteiger partial charge in [-0.3, -0.25) is 0 Å². The minimum atomic E-state index is 0.607. The van der Waals surface area contributed by atoms with Gasteiger partial charge < -0.3 is 4.57 Å². The van der Waals surface area contributed by atoms with E-state index in [9.17, 15) is 0 Å². The summed E-state index contributed by atoms with van der Waals surface area (Å²) in [4.78, 5) is 15.5. The standard InChI is InChI=1S/C57H36N4S/c1-5-17-37(18-6-1)41-29-42(38-19-7-2-8-20-38)31-43(30-41)44-32-45(57-59-55(39-21-9-3-10-22-39)58-56(60-57)40-23-11-4-12-24-40)34-46(33-44)61-51-27-15-13-25-47(51)49-35-50-48-26-14-16-28-53(48)62-54(50)36-52(49)61/h1-36H. The van der Waals surface area contributed by atoms with Gasteiger partial charge in [-0.05, 0) is 94.0 Å². The first kappa shape index (κ1) is 35.9. The number of fused-ring (bicyclic) bond motifs is 6. The SMILES string of the molecule is c1ccc(-c2cc(-c3ccccc3)cc(-c3cc(-c4nc(-c5ccccc5)nc(-c5ccccc5)n4)cc(-n4c5ccccc5c5cc6c(cc54)sc4ccccc46)c3)c2)cc1. The van der Waals surface area contributed by atoms with Crippen molar-refractivity contribution in [1.29, 1.82) is 0 Å². The summed E-state index contributed by atoms with van der Waals surface area (Å²) in [5.41, 5.74) is 12.9. The van der Waals surface area contributed by atoms with Gasteiger partial charge in [-0.15, -0.1) is 11.3 Å². The number of hydrogen-bond acceptors (Lipinski definition) is 4. The van der Waals surface area contributed by atoms with Crippen LogP contribution in [-0.2, 0) is 0 Å². The molecule has 290 valence electrons. The molecule has 0 aliphatic rings. The van der Waals surface area contributed by atoms with Crippen LogP contribution < -0.4 is 0 Å². The fourth-order valence-electron chi connectivity index (χ4n) is 8.83. The Labute approximate surface area is 362 Å². The summed E-state index contributed by atoms with van der Waals surface area (Å²) in [5.74, 6) is 1.86. The number of para-hydroxylation sites is 1. The molecule has 0 radical (unpaired) electrons. The monoisotopic (exact) mass is 808 g/mol. The average molecular weight is 809 g/mol. The molecule has 4 nitrogen and oxygen atoms in total. The van der Waals surface area contributed by atoms with Crippen LogP contribution in [0.15, 0.2) is 218 Å². The van der Waals surface area contributed by atoms with Crippen LogP contribution in [0.1, 0.15) is 0 Å². The average Bonchev–Trinajstić information content (AvgIpc) is 3.88. The number of rotatable bonds is 7. The Kier molecular flexibility index (Phi) is 8.65. The maximum absolute atomic E-state index is 5.25. The van der Waals surface area contributed by atoms with E-state index in [1.165, 1.54) is 30.9 Å². The summed E-state index contributed by atoms with van der Waals surface area (Å²) < 4.78 is 4.98. The highest BCUT2D eigenvalue weighted by Gasteiger charge is 2.20. The molecule has 12 rings (SSSR count). The summed E-state index contributed by atoms with van der Waals surface area (Å²) in [5, 5.41) is 5.01. The van der Waals surface area contributed by atoms with Crippen molar-refractivity contribution in [1.82, 2.24) is 19.5 Å². The Balaban J connectivity index is 1.16. The molecule has 0 amide bonds. The van der Waals surface area contributed by atoms with Crippen molar-refractivity contribution in [3.8, 4) is 73.2 Å². The zero-order valence-corrected chi connectivity index (χ0v) is 34.3. The fraction of sp³-hybridized carbons (Fsp3) is 0. The van der Waals surface area contributed by atoms with Gasteiger partial charge in [0.05, 0.1) is 11.0 Å². The summed E-state index contributed by atoms with van der Waals surface area (Å²) in [6.07, 6.45) is 0. The Bertz CT molecular complexity index is 3350. The molecule has 0 spiro atoms. The normalized spacial score (nSPS) is 11.5. The van der Waals surface area contributed by atoms with Crippen LogP contribution in [0.3, 0.4) is 0 Å². The molecular weight excluding hydrogens is 773 g/mol. The lowest BCUT2D eigenvalue weighted by atomic mass is 9.92. The van der Waals surface area contributed by atoms with E-state index in [1.54, 1.807) is 0 Å². The van der Waals surface area contributed by atoms with E-state index in [-0.39, 0.29) is 0 Å². The smallest absolute Gasteiger partial charge is 0.164 e. The van der Waals surface area contributed by atoms with Crippen molar-refractivity contribution in [3.05, 3.63) is 218 Å². The van der Waals surface area contributed by atoms with Crippen LogP contribution in [0.2, 0.25) is 0 Å². The van der Waals surface area contributed by atoms with Crippen molar-refractivity contribution >= 4 is 53.3 Å². The van der Waals surface area contributed by atoms with E-state index >= 15 is 0 Å². The molecule has 62 heavy (non-hydrogen) atoms. The van der Waals surface area contributed by atoms with E-state index in [4.69, 9.17) is 15.0 Å². The highest BCUT2D eigenvalue weighted by atomic mass is 32.1. The second-order valence-corrected chi connectivity index (χ2v) is 16.7. The van der Waals surface area contributed by atoms with E-state index < -0.39 is 0 Å². The van der Waals surface area contributed by atoms with Gasteiger partial charge in [-0.2, -0.15) is 0 Å². The maximum Gasteiger partial charge on any atom is 0.164 e. The van der Waals surface area contributed by atoms with Crippen LogP contribution in [0.5, 0.6) is 0 Å². The van der Waals surface area contributed by atoms with E-state index in [1.807, 2.05) is 47.7 Å². The lowest BCUT2D eigenvalue weighted by Crippen LogP contribution is -2.02. The molecular formula is C57H36N4S. The predicted octanol–water partition coefficient (Wildman–Crippen LogP) is 15.3. The zero-order valence-electron chi connectivity index (χ0n) is 33.5. The molecule has 0 atom stereocenters. The molecule has 12 aromatic rings. The lowest BCUT2D eigenvalue weighted by Gasteiger charge is -2.16. The summed E-state index contributed by atoms with van der Waals surface area (Å²) in [6, 6.07) is 77.7. The van der Waals surface area contributed by atoms with E-state index in [2.05, 4.69) is 187 Å². The molecule has 0 saturated heterocycles. The first-order valence-electron chi connectivity index (χ1n) is 20.8. The second kappa shape index (κ2) is 14.9. The number of nitrogens with zero attached hydrogens (tertiary/aromatic N) is 4. The molecule has 3 aromatic heterocycles. The molecule has 3 heterocycles. The fourth-order valence-corrected chi connectivity index (χ4v) is 9.95. The Hall–Kier alpha value is -7.99. The maximum atomic E-state index is 5.25. The van der Waals surface area contributed by atoms with Crippen LogP contribution in [0.25, 0.3) is 115 Å². The minimum absolute atomic E-state index is 0.607. The molecule has 5 heteroatoms. The highest BCUT2D eigenvalue weighted by Crippen LogP contribution is 2.42. The van der Waals surface area contributed by atoms with Gasteiger partial charge in [0.15, 0.2) is 17.5 Å². The highest BCUT2D eigenvalue weighted by molar-refractivity contribution is 7.25. The third-order valence-corrected chi connectivity index (χ3v) is 12.9. The molecule has 0 aliphatic carbocycles. The van der Waals surface area contributed by atoms with Crippen LogP contribution in [0.4, 0.5) is 0 Å². The Morgan fingerprint density at radius 1 is 0.274 bits per heavy atom. The summed E-state index contributed by atoms with van der Waals surface area (Å²) in [7, 11) is 0. The van der Waals surface area contributed by atoms with E-state index in [0.29, 0.717) is 17.5 Å². The van der Waals surface area contributed by atoms with Crippen molar-refractivity contribution < 1.29 is 0 Å². The first-order valence-corrected chi connectivity index (χ1v) is 21.7. The predicted molar refractivity (Wildman–Crippen MR) is 260 cm³/mol. The van der Waals surface area contributed by atoms with Gasteiger partial charge >= 0.3 is 0 Å². The van der Waals surface area contributed by atoms with Gasteiger partial charge in [0.1, 0.15) is 0 Å². The molecule has 0 saturated carbocycles. The molecule has 0 fully saturated rings. The number of thiophene rings is 1. The van der Waals surface area contributed by atoms with Gasteiger partial charge in [0, 0.05) is 53.3 Å². The van der Waals surface area contributed by atoms with Gasteiger partial charge in [-0.25, -0.2) is 15.0 Å². The van der Waals surface area contributed by atoms with Crippen LogP contribution in [0, 0.1) is 0 Å². The lowest BCUT2D eigenvalue weighted by molar-refractivity contribution is 1.07. The topological polar surface area (TPSA) is 43.6 Å². The minimum Gasteiger partial charge on any atom is -0.309 e. The number of hydrogen-bond donors (Lipinski definition) is 0. The molecule has 0 unspecified atom stereocenters. The number of benzene rings is 9. The van der Waals surface area contributed by atoms with Crippen LogP contribution >= 0.6 is 11.3 Å². The molecule has 0 N–H and O–H groups in total. The molecule has 9 aromatic carbocycles. The van der Waals surface area contributed by atoms with Crippen LogP contribution in [-0.4, -0.2) is 19.5 Å². The largest absolute Gasteiger partial charge is 0.309 e. The first-order chi connectivity index (χ1) is 30.7. The zero-order chi connectivity index (χ0) is 41.0. The molecule has 0 bridgehead atoms. The van der Waals surface area contributed by atoms with Crippen molar-refractivity contribution in [3.63, 3.8) is 0 Å². The Morgan fingerprint density at radius 3 is 1.31 bits per heavy atom. The summed E-state index contributed by atoms with van der Waals surface area (Å²) in [6.45, 7) is 0. The number of aromatic nitrogens is 4. The quantitative estimate of drug-likeness (QED) is 0.161. The van der Waals surface area contributed by atoms with E-state index in [0.717, 1.165) is 66.8 Å². The summed E-state index contributed by atoms with van der Waals surface area (Å²) >= 11 is 1.85. The third-order valence-electron chi connectivity index (χ3n) is 11.8. The van der Waals surface area contributed by atoms with Crippen molar-refractivity contribution in [2.75, 3.05) is 0 Å². The van der Waals surface area contributed by atoms with Crippen molar-refractivity contribution in [2.24, 2.45) is 0 Å². The molecule has 0 aliphatic heterocycles. The third kappa shape index (κ3) is 6.35.